The van der Waals surface area contributed by atoms with E-state index < -0.39 is 16.2 Å². The van der Waals surface area contributed by atoms with Crippen LogP contribution in [0.5, 0.6) is 0 Å². The van der Waals surface area contributed by atoms with Gasteiger partial charge in [0.15, 0.2) is 0 Å². The normalized spacial score (nSPS) is 17.2. The first-order valence-corrected chi connectivity index (χ1v) is 11.7. The van der Waals surface area contributed by atoms with Gasteiger partial charge in [0.25, 0.3) is 0 Å². The van der Waals surface area contributed by atoms with Crippen molar-refractivity contribution in [1.29, 1.82) is 0 Å². The fourth-order valence-corrected chi connectivity index (χ4v) is 7.84. The van der Waals surface area contributed by atoms with Gasteiger partial charge in [-0.25, -0.2) is 0 Å². The topological polar surface area (TPSA) is 3.24 Å². The van der Waals surface area contributed by atoms with E-state index in [1.54, 1.807) is 9.70 Å². The Labute approximate surface area is 112 Å². The van der Waals surface area contributed by atoms with Gasteiger partial charge < -0.3 is 0 Å². The SMILES string of the molecule is CCN(C=C1CC=CC=[C]1[Ga]([CH2]C)[CH2]C)CC. The molecule has 2 heteroatoms. The van der Waals surface area contributed by atoms with E-state index in [0.717, 1.165) is 19.5 Å². The molecule has 1 aliphatic carbocycles. The summed E-state index contributed by atoms with van der Waals surface area (Å²) in [4.78, 5) is 5.28. The van der Waals surface area contributed by atoms with Gasteiger partial charge >= 0.3 is 112 Å². The van der Waals surface area contributed by atoms with Crippen molar-refractivity contribution < 1.29 is 0 Å². The summed E-state index contributed by atoms with van der Waals surface area (Å²) in [6.07, 6.45) is 10.5. The molecule has 0 aromatic rings. The summed E-state index contributed by atoms with van der Waals surface area (Å²) in [7, 11) is 0. The van der Waals surface area contributed by atoms with Crippen LogP contribution in [-0.2, 0) is 0 Å². The first-order chi connectivity index (χ1) is 8.26. The Morgan fingerprint density at radius 2 is 1.82 bits per heavy atom. The van der Waals surface area contributed by atoms with Crippen LogP contribution >= 0.6 is 0 Å². The monoisotopic (exact) mass is 289 g/mol. The summed E-state index contributed by atoms with van der Waals surface area (Å²) >= 11 is -1.19. The molecule has 1 nitrogen and oxygen atoms in total. The molecule has 0 bridgehead atoms. The third kappa shape index (κ3) is 4.11. The first kappa shape index (κ1) is 14.7. The molecule has 0 saturated carbocycles. The Kier molecular flexibility index (Phi) is 6.82. The molecule has 1 aliphatic rings. The Morgan fingerprint density at radius 3 is 2.35 bits per heavy atom. The molecule has 0 unspecified atom stereocenters. The molecular formula is C15H26GaN. The molecule has 0 fully saturated rings. The first-order valence-electron chi connectivity index (χ1n) is 7.08. The number of allylic oxidation sites excluding steroid dienone is 5. The maximum atomic E-state index is 2.42. The Bertz CT molecular complexity index is 307. The standard InChI is InChI=1S/C11H16N.2C2H5.Ga/c1-3-12(4-2)10-11-8-6-5-7-9-11;2*1-2;/h5-7,10H,3-4,8H2,1-2H3;2*1H2,2H3;. The molecule has 94 valence electrons. The van der Waals surface area contributed by atoms with Gasteiger partial charge in [-0.05, 0) is 0 Å². The molecular weight excluding hydrogens is 264 g/mol. The second kappa shape index (κ2) is 7.88. The molecule has 1 rings (SSSR count). The van der Waals surface area contributed by atoms with Gasteiger partial charge in [0.05, 0.1) is 0 Å². The number of hydrogen-bond donors (Lipinski definition) is 0. The summed E-state index contributed by atoms with van der Waals surface area (Å²) < 4.78 is 1.75. The zero-order chi connectivity index (χ0) is 12.7. The van der Waals surface area contributed by atoms with Crippen molar-refractivity contribution in [3.8, 4) is 0 Å². The Morgan fingerprint density at radius 1 is 1.18 bits per heavy atom. The van der Waals surface area contributed by atoms with Crippen LogP contribution in [-0.4, -0.2) is 34.2 Å². The van der Waals surface area contributed by atoms with Crippen molar-refractivity contribution in [3.05, 3.63) is 34.1 Å². The summed E-state index contributed by atoms with van der Waals surface area (Å²) in [5, 5.41) is 0. The molecule has 0 radical (unpaired) electrons. The third-order valence-corrected chi connectivity index (χ3v) is 10.9. The molecule has 0 saturated heterocycles. The van der Waals surface area contributed by atoms with Gasteiger partial charge in [0, 0.05) is 0 Å². The molecule has 0 aromatic carbocycles. The molecule has 0 N–H and O–H groups in total. The Hall–Kier alpha value is -0.344. The van der Waals surface area contributed by atoms with Gasteiger partial charge in [-0.15, -0.1) is 0 Å². The van der Waals surface area contributed by atoms with Gasteiger partial charge in [-0.1, -0.05) is 0 Å². The quantitative estimate of drug-likeness (QED) is 0.663. The molecule has 0 aliphatic heterocycles. The van der Waals surface area contributed by atoms with Crippen LogP contribution < -0.4 is 0 Å². The molecule has 17 heavy (non-hydrogen) atoms. The zero-order valence-corrected chi connectivity index (χ0v) is 14.3. The molecule has 0 amide bonds. The molecule has 0 atom stereocenters. The van der Waals surface area contributed by atoms with Crippen molar-refractivity contribution >= 4 is 16.2 Å². The fraction of sp³-hybridized carbons (Fsp3) is 0.600. The van der Waals surface area contributed by atoms with E-state index in [2.05, 4.69) is 57.0 Å². The minimum absolute atomic E-state index is 1.12. The molecule has 0 heterocycles. The number of hydrogen-bond acceptors (Lipinski definition) is 1. The van der Waals surface area contributed by atoms with Crippen LogP contribution in [0.2, 0.25) is 9.95 Å². The van der Waals surface area contributed by atoms with E-state index in [1.165, 1.54) is 9.95 Å². The Balaban J connectivity index is 2.90. The van der Waals surface area contributed by atoms with Crippen LogP contribution in [0.1, 0.15) is 34.1 Å². The fourth-order valence-electron chi connectivity index (χ4n) is 2.47. The number of nitrogens with zero attached hydrogens (tertiary/aromatic N) is 1. The summed E-state index contributed by atoms with van der Waals surface area (Å²) in [5.74, 6) is 0. The van der Waals surface area contributed by atoms with Crippen LogP contribution in [0.4, 0.5) is 0 Å². The van der Waals surface area contributed by atoms with E-state index in [1.807, 2.05) is 0 Å². The summed E-state index contributed by atoms with van der Waals surface area (Å²) in [6.45, 7) is 11.5. The van der Waals surface area contributed by atoms with Crippen molar-refractivity contribution in [2.45, 2.75) is 44.1 Å². The maximum absolute atomic E-state index is 2.42. The van der Waals surface area contributed by atoms with Crippen LogP contribution in [0.25, 0.3) is 0 Å². The zero-order valence-electron chi connectivity index (χ0n) is 11.9. The van der Waals surface area contributed by atoms with Crippen molar-refractivity contribution in [3.63, 3.8) is 0 Å². The van der Waals surface area contributed by atoms with Gasteiger partial charge in [-0.2, -0.15) is 0 Å². The molecule has 0 spiro atoms. The van der Waals surface area contributed by atoms with E-state index >= 15 is 0 Å². The average Bonchev–Trinajstić information content (AvgIpc) is 2.39. The van der Waals surface area contributed by atoms with Crippen molar-refractivity contribution in [1.82, 2.24) is 4.90 Å². The van der Waals surface area contributed by atoms with Crippen LogP contribution in [0.15, 0.2) is 34.1 Å². The average molecular weight is 290 g/mol. The predicted molar refractivity (Wildman–Crippen MR) is 79.6 cm³/mol. The minimum atomic E-state index is -1.19. The van der Waals surface area contributed by atoms with E-state index in [-0.39, 0.29) is 0 Å². The summed E-state index contributed by atoms with van der Waals surface area (Å²) in [6, 6.07) is 0. The van der Waals surface area contributed by atoms with Crippen molar-refractivity contribution in [2.24, 2.45) is 0 Å². The summed E-state index contributed by atoms with van der Waals surface area (Å²) in [5.41, 5.74) is 1.60. The number of rotatable bonds is 6. The van der Waals surface area contributed by atoms with Gasteiger partial charge in [0.1, 0.15) is 0 Å². The third-order valence-electron chi connectivity index (χ3n) is 3.70. The van der Waals surface area contributed by atoms with Gasteiger partial charge in [0.2, 0.25) is 0 Å². The second-order valence-electron chi connectivity index (χ2n) is 4.64. The van der Waals surface area contributed by atoms with Crippen LogP contribution in [0, 0.1) is 0 Å². The van der Waals surface area contributed by atoms with E-state index in [4.69, 9.17) is 0 Å². The van der Waals surface area contributed by atoms with E-state index in [9.17, 15) is 0 Å². The molecule has 0 aromatic heterocycles. The van der Waals surface area contributed by atoms with Gasteiger partial charge in [-0.3, -0.25) is 0 Å². The van der Waals surface area contributed by atoms with Crippen molar-refractivity contribution in [2.75, 3.05) is 13.1 Å². The second-order valence-corrected chi connectivity index (χ2v) is 12.3. The van der Waals surface area contributed by atoms with E-state index in [0.29, 0.717) is 0 Å². The predicted octanol–water partition coefficient (Wildman–Crippen LogP) is 4.17. The van der Waals surface area contributed by atoms with Crippen LogP contribution in [0.3, 0.4) is 0 Å².